The third-order valence-electron chi connectivity index (χ3n) is 4.09. The van der Waals surface area contributed by atoms with Crippen molar-refractivity contribution < 1.29 is 9.53 Å². The summed E-state index contributed by atoms with van der Waals surface area (Å²) in [5.41, 5.74) is 1.60. The maximum atomic E-state index is 12.3. The largest absolute Gasteiger partial charge is 0.462 e. The fourth-order valence-electron chi connectivity index (χ4n) is 2.84. The lowest BCUT2D eigenvalue weighted by Crippen LogP contribution is -2.08. The van der Waals surface area contributed by atoms with Crippen molar-refractivity contribution in [2.45, 2.75) is 12.8 Å². The summed E-state index contributed by atoms with van der Waals surface area (Å²) in [6.07, 6.45) is 6.71. The quantitative estimate of drug-likeness (QED) is 0.413. The van der Waals surface area contributed by atoms with Crippen molar-refractivity contribution >= 4 is 22.6 Å². The monoisotopic (exact) mass is 335 g/mol. The second-order valence-corrected chi connectivity index (χ2v) is 5.80. The van der Waals surface area contributed by atoms with Gasteiger partial charge < -0.3 is 9.30 Å². The van der Waals surface area contributed by atoms with Crippen molar-refractivity contribution in [1.29, 1.82) is 0 Å². The van der Waals surface area contributed by atoms with E-state index in [4.69, 9.17) is 4.74 Å². The summed E-state index contributed by atoms with van der Waals surface area (Å²) < 4.78 is 9.03. The van der Waals surface area contributed by atoms with Crippen molar-refractivity contribution in [2.24, 2.45) is 7.05 Å². The molecule has 4 aromatic rings. The highest BCUT2D eigenvalue weighted by atomic mass is 16.5. The van der Waals surface area contributed by atoms with Gasteiger partial charge in [-0.25, -0.2) is 14.3 Å². The van der Waals surface area contributed by atoms with E-state index in [0.29, 0.717) is 36.6 Å². The molecule has 126 valence electrons. The maximum Gasteiger partial charge on any atom is 0.338 e. The predicted octanol–water partition coefficient (Wildman–Crippen LogP) is 2.41. The lowest BCUT2D eigenvalue weighted by Gasteiger charge is -2.05. The van der Waals surface area contributed by atoms with Gasteiger partial charge in [0.2, 0.25) is 0 Å². The van der Waals surface area contributed by atoms with Crippen LogP contribution in [0.1, 0.15) is 22.6 Å². The SMILES string of the molecule is Cn1ccc2c(C(=O)OCCCc3nc4ncccn4n3)cccc21. The number of hydrogen-bond donors (Lipinski definition) is 0. The molecule has 0 saturated carbocycles. The minimum Gasteiger partial charge on any atom is -0.462 e. The number of fused-ring (bicyclic) bond motifs is 2. The summed E-state index contributed by atoms with van der Waals surface area (Å²) >= 11 is 0. The Morgan fingerprint density at radius 3 is 3.00 bits per heavy atom. The normalized spacial score (nSPS) is 11.2. The molecule has 0 saturated heterocycles. The second-order valence-electron chi connectivity index (χ2n) is 5.80. The zero-order valence-electron chi connectivity index (χ0n) is 13.8. The number of rotatable bonds is 5. The van der Waals surface area contributed by atoms with Gasteiger partial charge >= 0.3 is 5.97 Å². The first-order valence-corrected chi connectivity index (χ1v) is 8.10. The van der Waals surface area contributed by atoms with Crippen LogP contribution in [-0.4, -0.2) is 36.7 Å². The molecule has 0 unspecified atom stereocenters. The Hall–Kier alpha value is -3.22. The topological polar surface area (TPSA) is 74.3 Å². The number of benzene rings is 1. The van der Waals surface area contributed by atoms with E-state index in [2.05, 4.69) is 15.1 Å². The van der Waals surface area contributed by atoms with Gasteiger partial charge in [0, 0.05) is 43.0 Å². The second kappa shape index (κ2) is 6.35. The van der Waals surface area contributed by atoms with E-state index in [0.717, 1.165) is 10.9 Å². The van der Waals surface area contributed by atoms with Crippen molar-refractivity contribution in [3.8, 4) is 0 Å². The first-order chi connectivity index (χ1) is 12.2. The Bertz CT molecular complexity index is 1020. The smallest absolute Gasteiger partial charge is 0.338 e. The minimum absolute atomic E-state index is 0.304. The molecule has 3 aromatic heterocycles. The molecule has 4 rings (SSSR count). The first-order valence-electron chi connectivity index (χ1n) is 8.10. The standard InChI is InChI=1S/C18H17N5O2/c1-22-11-8-13-14(5-2-6-15(13)22)17(24)25-12-3-7-16-20-18-19-9-4-10-23(18)21-16/h2,4-6,8-11H,3,7,12H2,1H3. The summed E-state index contributed by atoms with van der Waals surface area (Å²) in [6.45, 7) is 0.324. The molecule has 7 nitrogen and oxygen atoms in total. The molecule has 3 heterocycles. The predicted molar refractivity (Wildman–Crippen MR) is 92.3 cm³/mol. The number of hydrogen-bond acceptors (Lipinski definition) is 5. The van der Waals surface area contributed by atoms with Gasteiger partial charge in [-0.15, -0.1) is 5.10 Å². The van der Waals surface area contributed by atoms with Crippen LogP contribution >= 0.6 is 0 Å². The minimum atomic E-state index is -0.304. The van der Waals surface area contributed by atoms with Crippen LogP contribution in [0.25, 0.3) is 16.7 Å². The van der Waals surface area contributed by atoms with Gasteiger partial charge in [-0.1, -0.05) is 6.07 Å². The fraction of sp³-hybridized carbons (Fsp3) is 0.222. The molecule has 0 bridgehead atoms. The number of carbonyl (C=O) groups is 1. The van der Waals surface area contributed by atoms with Gasteiger partial charge in [0.25, 0.3) is 5.78 Å². The number of esters is 1. The highest BCUT2D eigenvalue weighted by Gasteiger charge is 2.13. The molecule has 1 aromatic carbocycles. The molecular formula is C18H17N5O2. The number of nitrogens with zero attached hydrogens (tertiary/aromatic N) is 5. The lowest BCUT2D eigenvalue weighted by molar-refractivity contribution is 0.0502. The van der Waals surface area contributed by atoms with Crippen molar-refractivity contribution in [1.82, 2.24) is 24.1 Å². The number of aryl methyl sites for hydroxylation is 2. The van der Waals surface area contributed by atoms with E-state index in [1.807, 2.05) is 36.0 Å². The zero-order valence-corrected chi connectivity index (χ0v) is 13.8. The third kappa shape index (κ3) is 2.96. The van der Waals surface area contributed by atoms with Crippen molar-refractivity contribution in [3.05, 3.63) is 60.3 Å². The molecule has 0 aliphatic carbocycles. The van der Waals surface area contributed by atoms with Crippen LogP contribution in [0, 0.1) is 0 Å². The van der Waals surface area contributed by atoms with Gasteiger partial charge in [-0.2, -0.15) is 4.98 Å². The molecule has 0 amide bonds. The van der Waals surface area contributed by atoms with E-state index in [1.54, 1.807) is 29.0 Å². The number of ether oxygens (including phenoxy) is 1. The van der Waals surface area contributed by atoms with Crippen LogP contribution in [0.15, 0.2) is 48.9 Å². The van der Waals surface area contributed by atoms with Gasteiger partial charge in [-0.05, 0) is 30.7 Å². The average molecular weight is 335 g/mol. The van der Waals surface area contributed by atoms with E-state index in [-0.39, 0.29) is 5.97 Å². The Labute approximate surface area is 143 Å². The van der Waals surface area contributed by atoms with E-state index in [9.17, 15) is 4.79 Å². The van der Waals surface area contributed by atoms with Crippen LogP contribution in [0.2, 0.25) is 0 Å². The molecule has 25 heavy (non-hydrogen) atoms. The summed E-state index contributed by atoms with van der Waals surface area (Å²) in [7, 11) is 1.95. The zero-order chi connectivity index (χ0) is 17.2. The molecule has 0 aliphatic heterocycles. The van der Waals surface area contributed by atoms with Crippen LogP contribution in [0.3, 0.4) is 0 Å². The van der Waals surface area contributed by atoms with E-state index in [1.165, 1.54) is 0 Å². The summed E-state index contributed by atoms with van der Waals surface area (Å²) in [5.74, 6) is 0.964. The van der Waals surface area contributed by atoms with Crippen LogP contribution < -0.4 is 0 Å². The molecule has 0 spiro atoms. The molecule has 0 atom stereocenters. The summed E-state index contributed by atoms with van der Waals surface area (Å²) in [6, 6.07) is 9.37. The number of carbonyl (C=O) groups excluding carboxylic acids is 1. The Kier molecular flexibility index (Phi) is 3.89. The highest BCUT2D eigenvalue weighted by Crippen LogP contribution is 2.20. The van der Waals surface area contributed by atoms with Crippen molar-refractivity contribution in [2.75, 3.05) is 6.61 Å². The Morgan fingerprint density at radius 2 is 2.12 bits per heavy atom. The highest BCUT2D eigenvalue weighted by molar-refractivity contribution is 6.03. The lowest BCUT2D eigenvalue weighted by atomic mass is 10.1. The fourth-order valence-corrected chi connectivity index (χ4v) is 2.84. The molecule has 0 fully saturated rings. The molecule has 0 N–H and O–H groups in total. The van der Waals surface area contributed by atoms with Crippen LogP contribution in [0.5, 0.6) is 0 Å². The Morgan fingerprint density at radius 1 is 1.20 bits per heavy atom. The van der Waals surface area contributed by atoms with Gasteiger partial charge in [0.1, 0.15) is 0 Å². The maximum absolute atomic E-state index is 12.3. The van der Waals surface area contributed by atoms with Crippen LogP contribution in [0.4, 0.5) is 0 Å². The molecule has 7 heteroatoms. The first kappa shape index (κ1) is 15.3. The van der Waals surface area contributed by atoms with E-state index >= 15 is 0 Å². The van der Waals surface area contributed by atoms with Gasteiger partial charge in [0.15, 0.2) is 5.82 Å². The van der Waals surface area contributed by atoms with E-state index < -0.39 is 0 Å². The average Bonchev–Trinajstić information content (AvgIpc) is 3.22. The van der Waals surface area contributed by atoms with Crippen molar-refractivity contribution in [3.63, 3.8) is 0 Å². The molecular weight excluding hydrogens is 318 g/mol. The summed E-state index contributed by atoms with van der Waals surface area (Å²) in [4.78, 5) is 20.8. The van der Waals surface area contributed by atoms with Gasteiger partial charge in [0.05, 0.1) is 12.2 Å². The molecule has 0 radical (unpaired) electrons. The number of aromatic nitrogens is 5. The molecule has 0 aliphatic rings. The third-order valence-corrected chi connectivity index (χ3v) is 4.09. The van der Waals surface area contributed by atoms with Crippen LogP contribution in [-0.2, 0) is 18.2 Å². The summed E-state index contributed by atoms with van der Waals surface area (Å²) in [5, 5.41) is 5.24. The van der Waals surface area contributed by atoms with Gasteiger partial charge in [-0.3, -0.25) is 0 Å². The Balaban J connectivity index is 1.37.